The van der Waals surface area contributed by atoms with E-state index in [-0.39, 0.29) is 23.3 Å². The Labute approximate surface area is 176 Å². The van der Waals surface area contributed by atoms with E-state index in [1.54, 1.807) is 24.3 Å². The summed E-state index contributed by atoms with van der Waals surface area (Å²) in [6, 6.07) is 9.27. The van der Waals surface area contributed by atoms with Crippen LogP contribution in [0.25, 0.3) is 0 Å². The first-order valence-corrected chi connectivity index (χ1v) is 9.52. The Kier molecular flexibility index (Phi) is 6.40. The topological polar surface area (TPSA) is 61.9 Å². The molecule has 2 aromatic carbocycles. The van der Waals surface area contributed by atoms with E-state index in [1.807, 2.05) is 6.92 Å². The fraction of sp³-hybridized carbons (Fsp3) is 0.300. The predicted octanol–water partition coefficient (Wildman–Crippen LogP) is 4.64. The molecule has 10 heteroatoms. The van der Waals surface area contributed by atoms with Gasteiger partial charge in [-0.15, -0.1) is 0 Å². The van der Waals surface area contributed by atoms with Gasteiger partial charge >= 0.3 is 12.2 Å². The molecule has 1 N–H and O–H groups in total. The number of halogens is 4. The molecule has 0 radical (unpaired) electrons. The normalized spacial score (nSPS) is 14.2. The quantitative estimate of drug-likeness (QED) is 0.710. The van der Waals surface area contributed by atoms with Crippen molar-refractivity contribution in [2.45, 2.75) is 13.1 Å². The highest BCUT2D eigenvalue weighted by Crippen LogP contribution is 2.34. The van der Waals surface area contributed by atoms with E-state index < -0.39 is 17.6 Å². The van der Waals surface area contributed by atoms with Gasteiger partial charge in [-0.05, 0) is 49.4 Å². The molecule has 0 saturated carbocycles. The van der Waals surface area contributed by atoms with Gasteiger partial charge in [-0.2, -0.15) is 13.2 Å². The third-order valence-corrected chi connectivity index (χ3v) is 4.79. The summed E-state index contributed by atoms with van der Waals surface area (Å²) in [4.78, 5) is 27.8. The van der Waals surface area contributed by atoms with Crippen LogP contribution in [0.2, 0.25) is 5.02 Å². The van der Waals surface area contributed by atoms with Crippen LogP contribution in [-0.4, -0.2) is 43.1 Å². The molecule has 160 valence electrons. The van der Waals surface area contributed by atoms with Crippen molar-refractivity contribution in [3.05, 3.63) is 53.1 Å². The van der Waals surface area contributed by atoms with Crippen molar-refractivity contribution in [1.29, 1.82) is 0 Å². The number of nitrogens with zero attached hydrogens (tertiary/aromatic N) is 2. The van der Waals surface area contributed by atoms with E-state index >= 15 is 0 Å². The second-order valence-electron chi connectivity index (χ2n) is 6.52. The smallest absolute Gasteiger partial charge is 0.416 e. The number of hydrogen-bond acceptors (Lipinski definition) is 3. The monoisotopic (exact) mass is 441 g/mol. The Morgan fingerprint density at radius 3 is 2.50 bits per heavy atom. The molecule has 1 fully saturated rings. The Bertz CT molecular complexity index is 935. The van der Waals surface area contributed by atoms with Crippen LogP contribution in [0.1, 0.15) is 12.5 Å². The molecule has 0 bridgehead atoms. The van der Waals surface area contributed by atoms with Crippen LogP contribution in [0.5, 0.6) is 5.75 Å². The largest absolute Gasteiger partial charge is 0.494 e. The predicted molar refractivity (Wildman–Crippen MR) is 107 cm³/mol. The standard InChI is InChI=1S/C20H19ClF3N3O3/c1-2-30-15-6-4-14(5-7-15)27-10-9-26(19(27)29)12-18(28)25-17-11-13(20(22,23)24)3-8-16(17)21/h3-8,11H,2,9-10,12H2,1H3,(H,25,28). The van der Waals surface area contributed by atoms with Crippen molar-refractivity contribution in [3.8, 4) is 5.75 Å². The number of carbonyl (C=O) groups excluding carboxylic acids is 2. The summed E-state index contributed by atoms with van der Waals surface area (Å²) in [5, 5.41) is 2.32. The maximum atomic E-state index is 12.9. The number of urea groups is 1. The third kappa shape index (κ3) is 4.96. The molecule has 2 aromatic rings. The Morgan fingerprint density at radius 2 is 1.87 bits per heavy atom. The van der Waals surface area contributed by atoms with E-state index in [4.69, 9.17) is 16.3 Å². The molecule has 0 spiro atoms. The highest BCUT2D eigenvalue weighted by atomic mass is 35.5. The summed E-state index contributed by atoms with van der Waals surface area (Å²) in [5.74, 6) is 0.0419. The zero-order valence-corrected chi connectivity index (χ0v) is 16.8. The number of alkyl halides is 3. The first-order valence-electron chi connectivity index (χ1n) is 9.15. The minimum absolute atomic E-state index is 0.0277. The fourth-order valence-corrected chi connectivity index (χ4v) is 3.18. The minimum atomic E-state index is -4.56. The van der Waals surface area contributed by atoms with Gasteiger partial charge in [0.15, 0.2) is 0 Å². The molecule has 0 unspecified atom stereocenters. The molecule has 0 atom stereocenters. The summed E-state index contributed by atoms with van der Waals surface area (Å²) in [6.07, 6.45) is -4.56. The average molecular weight is 442 g/mol. The van der Waals surface area contributed by atoms with Crippen LogP contribution in [0.15, 0.2) is 42.5 Å². The summed E-state index contributed by atoms with van der Waals surface area (Å²) >= 11 is 5.89. The number of nitrogens with one attached hydrogen (secondary N) is 1. The van der Waals surface area contributed by atoms with Crippen molar-refractivity contribution in [3.63, 3.8) is 0 Å². The van der Waals surface area contributed by atoms with Crippen molar-refractivity contribution in [1.82, 2.24) is 4.90 Å². The highest BCUT2D eigenvalue weighted by molar-refractivity contribution is 6.33. The lowest BCUT2D eigenvalue weighted by molar-refractivity contribution is -0.137. The van der Waals surface area contributed by atoms with E-state index in [9.17, 15) is 22.8 Å². The van der Waals surface area contributed by atoms with E-state index in [1.165, 1.54) is 9.80 Å². The Balaban J connectivity index is 1.63. The second-order valence-corrected chi connectivity index (χ2v) is 6.93. The lowest BCUT2D eigenvalue weighted by Crippen LogP contribution is -2.37. The van der Waals surface area contributed by atoms with Crippen LogP contribution >= 0.6 is 11.6 Å². The lowest BCUT2D eigenvalue weighted by Gasteiger charge is -2.19. The van der Waals surface area contributed by atoms with E-state index in [0.717, 1.165) is 18.2 Å². The van der Waals surface area contributed by atoms with Crippen molar-refractivity contribution >= 4 is 34.9 Å². The molecule has 30 heavy (non-hydrogen) atoms. The number of anilines is 2. The third-order valence-electron chi connectivity index (χ3n) is 4.46. The molecule has 0 aliphatic carbocycles. The number of carbonyl (C=O) groups is 2. The first kappa shape index (κ1) is 21.8. The second kappa shape index (κ2) is 8.83. The van der Waals surface area contributed by atoms with Gasteiger partial charge in [0, 0.05) is 18.8 Å². The lowest BCUT2D eigenvalue weighted by atomic mass is 10.2. The zero-order valence-electron chi connectivity index (χ0n) is 16.0. The number of benzene rings is 2. The maximum Gasteiger partial charge on any atom is 0.416 e. The summed E-state index contributed by atoms with van der Waals surface area (Å²) in [6.45, 7) is 2.77. The van der Waals surface area contributed by atoms with Gasteiger partial charge in [-0.25, -0.2) is 4.79 Å². The Hall–Kier alpha value is -2.94. The molecule has 6 nitrogen and oxygen atoms in total. The SMILES string of the molecule is CCOc1ccc(N2CCN(CC(=O)Nc3cc(C(F)(F)F)ccc3Cl)C2=O)cc1. The van der Waals surface area contributed by atoms with Gasteiger partial charge in [0.1, 0.15) is 12.3 Å². The maximum absolute atomic E-state index is 12.9. The first-order chi connectivity index (χ1) is 14.2. The highest BCUT2D eigenvalue weighted by Gasteiger charge is 2.32. The van der Waals surface area contributed by atoms with Crippen LogP contribution in [0.4, 0.5) is 29.3 Å². The van der Waals surface area contributed by atoms with Gasteiger partial charge < -0.3 is 15.0 Å². The van der Waals surface area contributed by atoms with Gasteiger partial charge in [0.05, 0.1) is 22.9 Å². The fourth-order valence-electron chi connectivity index (χ4n) is 3.02. The Morgan fingerprint density at radius 1 is 1.17 bits per heavy atom. The average Bonchev–Trinajstić information content (AvgIpc) is 3.04. The van der Waals surface area contributed by atoms with Crippen LogP contribution < -0.4 is 15.0 Å². The molecule has 3 amide bonds. The van der Waals surface area contributed by atoms with Gasteiger partial charge in [0.25, 0.3) is 0 Å². The van der Waals surface area contributed by atoms with Crippen molar-refractivity contribution < 1.29 is 27.5 Å². The molecule has 1 heterocycles. The van der Waals surface area contributed by atoms with E-state index in [2.05, 4.69) is 5.32 Å². The number of amides is 3. The number of ether oxygens (including phenoxy) is 1. The molecular weight excluding hydrogens is 423 g/mol. The van der Waals surface area contributed by atoms with Gasteiger partial charge in [-0.3, -0.25) is 9.69 Å². The van der Waals surface area contributed by atoms with Gasteiger partial charge in [0.2, 0.25) is 5.91 Å². The summed E-state index contributed by atoms with van der Waals surface area (Å²) < 4.78 is 44.0. The summed E-state index contributed by atoms with van der Waals surface area (Å²) in [5.41, 5.74) is -0.431. The van der Waals surface area contributed by atoms with Crippen LogP contribution in [0.3, 0.4) is 0 Å². The zero-order chi connectivity index (χ0) is 21.9. The van der Waals surface area contributed by atoms with Gasteiger partial charge in [-0.1, -0.05) is 11.6 Å². The van der Waals surface area contributed by atoms with Crippen molar-refractivity contribution in [2.24, 2.45) is 0 Å². The molecule has 1 aliphatic rings. The van der Waals surface area contributed by atoms with Crippen LogP contribution in [0, 0.1) is 0 Å². The molecule has 0 aromatic heterocycles. The minimum Gasteiger partial charge on any atom is -0.494 e. The molecule has 3 rings (SSSR count). The molecule has 1 aliphatic heterocycles. The van der Waals surface area contributed by atoms with Crippen molar-refractivity contribution in [2.75, 3.05) is 36.5 Å². The molecular formula is C20H19ClF3N3O3. The van der Waals surface area contributed by atoms with E-state index in [0.29, 0.717) is 31.1 Å². The number of hydrogen-bond donors (Lipinski definition) is 1. The van der Waals surface area contributed by atoms with Crippen LogP contribution in [-0.2, 0) is 11.0 Å². The summed E-state index contributed by atoms with van der Waals surface area (Å²) in [7, 11) is 0. The number of rotatable bonds is 6. The molecule has 1 saturated heterocycles.